The van der Waals surface area contributed by atoms with Crippen LogP contribution in [0.1, 0.15) is 52.9 Å². The lowest BCUT2D eigenvalue weighted by molar-refractivity contribution is -0.117. The minimum atomic E-state index is -3.22. The Morgan fingerprint density at radius 2 is 1.94 bits per heavy atom. The van der Waals surface area contributed by atoms with E-state index in [4.69, 9.17) is 0 Å². The molecule has 0 amide bonds. The van der Waals surface area contributed by atoms with Crippen molar-refractivity contribution in [1.29, 1.82) is 0 Å². The number of sulfonamides is 1. The number of ketones is 1. The highest BCUT2D eigenvalue weighted by atomic mass is 32.2. The van der Waals surface area contributed by atoms with E-state index in [1.165, 1.54) is 6.92 Å². The van der Waals surface area contributed by atoms with Gasteiger partial charge in [-0.15, -0.1) is 0 Å². The van der Waals surface area contributed by atoms with Crippen LogP contribution in [0, 0.1) is 5.92 Å². The van der Waals surface area contributed by atoms with Gasteiger partial charge in [0.25, 0.3) is 0 Å². The highest BCUT2D eigenvalue weighted by Crippen LogP contribution is 2.23. The predicted octanol–water partition coefficient (Wildman–Crippen LogP) is 2.20. The van der Waals surface area contributed by atoms with Gasteiger partial charge >= 0.3 is 0 Å². The van der Waals surface area contributed by atoms with Crippen LogP contribution in [0.4, 0.5) is 0 Å². The van der Waals surface area contributed by atoms with E-state index in [0.29, 0.717) is 13.0 Å². The number of hydrogen-bond acceptors (Lipinski definition) is 3. The lowest BCUT2D eigenvalue weighted by Gasteiger charge is -2.29. The maximum absolute atomic E-state index is 12.4. The second kappa shape index (κ2) is 6.66. The second-order valence-corrected chi connectivity index (χ2v) is 7.66. The third-order valence-corrected chi connectivity index (χ3v) is 5.53. The van der Waals surface area contributed by atoms with Gasteiger partial charge in [0.05, 0.1) is 5.75 Å². The summed E-state index contributed by atoms with van der Waals surface area (Å²) in [4.78, 5) is 11.3. The average molecular weight is 275 g/mol. The van der Waals surface area contributed by atoms with Crippen LogP contribution >= 0.6 is 0 Å². The first kappa shape index (κ1) is 15.6. The Labute approximate surface area is 111 Å². The summed E-state index contributed by atoms with van der Waals surface area (Å²) in [6.07, 6.45) is 4.16. The third-order valence-electron chi connectivity index (χ3n) is 3.25. The van der Waals surface area contributed by atoms with Crippen LogP contribution in [0.2, 0.25) is 0 Å². The maximum atomic E-state index is 12.4. The molecule has 0 bridgehead atoms. The summed E-state index contributed by atoms with van der Waals surface area (Å²) >= 11 is 0. The van der Waals surface area contributed by atoms with Crippen LogP contribution in [-0.2, 0) is 14.8 Å². The summed E-state index contributed by atoms with van der Waals surface area (Å²) in [5, 5.41) is 0. The fourth-order valence-electron chi connectivity index (χ4n) is 2.57. The molecule has 1 saturated heterocycles. The van der Waals surface area contributed by atoms with Crippen molar-refractivity contribution in [3.8, 4) is 0 Å². The van der Waals surface area contributed by atoms with Gasteiger partial charge in [0.1, 0.15) is 5.78 Å². The van der Waals surface area contributed by atoms with E-state index in [1.807, 2.05) is 13.8 Å². The fraction of sp³-hybridized carbons (Fsp3) is 0.923. The molecule has 5 heteroatoms. The lowest BCUT2D eigenvalue weighted by Crippen LogP contribution is -2.42. The smallest absolute Gasteiger partial charge is 0.214 e. The van der Waals surface area contributed by atoms with Crippen LogP contribution < -0.4 is 0 Å². The van der Waals surface area contributed by atoms with Crippen molar-refractivity contribution >= 4 is 15.8 Å². The molecular formula is C13H25NO3S. The van der Waals surface area contributed by atoms with Crippen LogP contribution in [0.5, 0.6) is 0 Å². The third kappa shape index (κ3) is 4.69. The Balaban J connectivity index is 2.87. The van der Waals surface area contributed by atoms with Crippen molar-refractivity contribution in [2.45, 2.75) is 58.9 Å². The van der Waals surface area contributed by atoms with Gasteiger partial charge in [-0.2, -0.15) is 4.31 Å². The minimum absolute atomic E-state index is 0.0756. The molecule has 18 heavy (non-hydrogen) atoms. The number of carbonyl (C=O) groups excluding carboxylic acids is 1. The molecule has 0 aromatic carbocycles. The molecule has 0 spiro atoms. The molecule has 0 saturated carbocycles. The first-order chi connectivity index (χ1) is 8.33. The molecule has 1 heterocycles. The van der Waals surface area contributed by atoms with E-state index in [-0.39, 0.29) is 23.5 Å². The van der Waals surface area contributed by atoms with Gasteiger partial charge in [-0.05, 0) is 25.7 Å². The summed E-state index contributed by atoms with van der Waals surface area (Å²) in [5.74, 6) is 0.379. The van der Waals surface area contributed by atoms with Gasteiger partial charge in [0.2, 0.25) is 10.0 Å². The molecule has 4 nitrogen and oxygen atoms in total. The molecule has 1 atom stereocenters. The Hall–Kier alpha value is -0.420. The normalized spacial score (nSPS) is 23.0. The standard InChI is InChI=1S/C13H25NO3S/c1-11(2)10-18(16,17)14-8-6-4-5-7-13(14)9-12(3)15/h11,13H,4-10H2,1-3H3. The zero-order chi connectivity index (χ0) is 13.8. The predicted molar refractivity (Wildman–Crippen MR) is 72.9 cm³/mol. The number of Topliss-reactive ketones (excluding diaryl/α,β-unsaturated/α-hetero) is 1. The highest BCUT2D eigenvalue weighted by molar-refractivity contribution is 7.89. The lowest BCUT2D eigenvalue weighted by atomic mass is 10.1. The summed E-state index contributed by atoms with van der Waals surface area (Å²) in [6.45, 7) is 5.94. The van der Waals surface area contributed by atoms with E-state index < -0.39 is 10.0 Å². The molecule has 1 unspecified atom stereocenters. The molecule has 0 N–H and O–H groups in total. The zero-order valence-corrected chi connectivity index (χ0v) is 12.5. The van der Waals surface area contributed by atoms with Gasteiger partial charge in [-0.25, -0.2) is 8.42 Å². The molecular weight excluding hydrogens is 250 g/mol. The van der Waals surface area contributed by atoms with Gasteiger partial charge < -0.3 is 0 Å². The van der Waals surface area contributed by atoms with Crippen LogP contribution in [0.15, 0.2) is 0 Å². The Morgan fingerprint density at radius 1 is 1.28 bits per heavy atom. The van der Waals surface area contributed by atoms with Gasteiger partial charge in [-0.3, -0.25) is 4.79 Å². The number of rotatable bonds is 5. The summed E-state index contributed by atoms with van der Waals surface area (Å²) < 4.78 is 26.3. The van der Waals surface area contributed by atoms with Crippen molar-refractivity contribution in [3.63, 3.8) is 0 Å². The van der Waals surface area contributed by atoms with Crippen LogP contribution in [-0.4, -0.2) is 36.8 Å². The fourth-order valence-corrected chi connectivity index (χ4v) is 4.65. The van der Waals surface area contributed by atoms with Gasteiger partial charge in [0, 0.05) is 19.0 Å². The first-order valence-corrected chi connectivity index (χ1v) is 8.43. The van der Waals surface area contributed by atoms with Crippen molar-refractivity contribution < 1.29 is 13.2 Å². The first-order valence-electron chi connectivity index (χ1n) is 6.82. The molecule has 106 valence electrons. The topological polar surface area (TPSA) is 54.5 Å². The Morgan fingerprint density at radius 3 is 2.50 bits per heavy atom. The molecule has 1 fully saturated rings. The van der Waals surface area contributed by atoms with Crippen LogP contribution in [0.3, 0.4) is 0 Å². The largest absolute Gasteiger partial charge is 0.300 e. The molecule has 1 aliphatic heterocycles. The minimum Gasteiger partial charge on any atom is -0.300 e. The summed E-state index contributed by atoms with van der Waals surface area (Å²) in [6, 6.07) is -0.117. The highest BCUT2D eigenvalue weighted by Gasteiger charge is 2.31. The van der Waals surface area contributed by atoms with E-state index in [0.717, 1.165) is 25.7 Å². The van der Waals surface area contributed by atoms with Crippen LogP contribution in [0.25, 0.3) is 0 Å². The SMILES string of the molecule is CC(=O)CC1CCCCCN1S(=O)(=O)CC(C)C. The van der Waals surface area contributed by atoms with E-state index in [2.05, 4.69) is 0 Å². The molecule has 0 aliphatic carbocycles. The molecule has 1 aliphatic rings. The molecule has 0 radical (unpaired) electrons. The maximum Gasteiger partial charge on any atom is 0.214 e. The quantitative estimate of drug-likeness (QED) is 0.773. The molecule has 1 rings (SSSR count). The number of nitrogens with zero attached hydrogens (tertiary/aromatic N) is 1. The Kier molecular flexibility index (Phi) is 5.79. The summed E-state index contributed by atoms with van der Waals surface area (Å²) in [5.41, 5.74) is 0. The summed E-state index contributed by atoms with van der Waals surface area (Å²) in [7, 11) is -3.22. The van der Waals surface area contributed by atoms with Crippen molar-refractivity contribution in [3.05, 3.63) is 0 Å². The number of carbonyl (C=O) groups is 1. The van der Waals surface area contributed by atoms with E-state index in [9.17, 15) is 13.2 Å². The Bertz CT molecular complexity index is 376. The average Bonchev–Trinajstić information content (AvgIpc) is 2.40. The number of hydrogen-bond donors (Lipinski definition) is 0. The van der Waals surface area contributed by atoms with Crippen molar-refractivity contribution in [1.82, 2.24) is 4.31 Å². The monoisotopic (exact) mass is 275 g/mol. The van der Waals surface area contributed by atoms with E-state index >= 15 is 0 Å². The zero-order valence-electron chi connectivity index (χ0n) is 11.7. The van der Waals surface area contributed by atoms with Crippen molar-refractivity contribution in [2.24, 2.45) is 5.92 Å². The van der Waals surface area contributed by atoms with Crippen molar-refractivity contribution in [2.75, 3.05) is 12.3 Å². The molecule has 0 aromatic rings. The second-order valence-electron chi connectivity index (χ2n) is 5.69. The van der Waals surface area contributed by atoms with Gasteiger partial charge in [-0.1, -0.05) is 26.7 Å². The van der Waals surface area contributed by atoms with E-state index in [1.54, 1.807) is 4.31 Å². The molecule has 0 aromatic heterocycles. The van der Waals surface area contributed by atoms with Gasteiger partial charge in [0.15, 0.2) is 0 Å².